The van der Waals surface area contributed by atoms with Crippen molar-refractivity contribution in [3.63, 3.8) is 0 Å². The first kappa shape index (κ1) is 16.4. The van der Waals surface area contributed by atoms with Gasteiger partial charge in [-0.1, -0.05) is 6.07 Å². The van der Waals surface area contributed by atoms with Gasteiger partial charge >= 0.3 is 6.03 Å². The number of methoxy groups -OCH3 is 1. The monoisotopic (exact) mass is 330 g/mol. The van der Waals surface area contributed by atoms with Crippen molar-refractivity contribution in [2.75, 3.05) is 25.6 Å². The van der Waals surface area contributed by atoms with Crippen molar-refractivity contribution in [2.45, 2.75) is 25.5 Å². The summed E-state index contributed by atoms with van der Waals surface area (Å²) < 4.78 is 16.2. The summed E-state index contributed by atoms with van der Waals surface area (Å²) in [5, 5.41) is 2.91. The second-order valence-corrected chi connectivity index (χ2v) is 5.76. The fraction of sp³-hybridized carbons (Fsp3) is 0.389. The molecule has 1 fully saturated rings. The molecule has 2 heterocycles. The van der Waals surface area contributed by atoms with Gasteiger partial charge in [-0.2, -0.15) is 0 Å². The number of carbonyl (C=O) groups excluding carboxylic acids is 1. The van der Waals surface area contributed by atoms with Gasteiger partial charge in [0.1, 0.15) is 11.5 Å². The number of ether oxygens (including phenoxy) is 2. The fourth-order valence-corrected chi connectivity index (χ4v) is 2.75. The van der Waals surface area contributed by atoms with E-state index in [1.54, 1.807) is 24.3 Å². The molecule has 0 unspecified atom stereocenters. The van der Waals surface area contributed by atoms with E-state index in [1.165, 1.54) is 0 Å². The molecule has 1 aliphatic rings. The number of nitrogens with zero attached hydrogens (tertiary/aromatic N) is 1. The molecule has 6 nitrogen and oxygen atoms in total. The fourth-order valence-electron chi connectivity index (χ4n) is 2.75. The zero-order valence-corrected chi connectivity index (χ0v) is 13.7. The molecule has 0 aliphatic carbocycles. The van der Waals surface area contributed by atoms with E-state index in [1.807, 2.05) is 30.3 Å². The average molecular weight is 330 g/mol. The first-order chi connectivity index (χ1) is 11.7. The molecule has 3 rings (SSSR count). The molecular formula is C18H22N2O4. The Morgan fingerprint density at radius 3 is 3.00 bits per heavy atom. The van der Waals surface area contributed by atoms with Crippen LogP contribution in [-0.2, 0) is 11.3 Å². The van der Waals surface area contributed by atoms with Crippen LogP contribution in [0.1, 0.15) is 18.6 Å². The summed E-state index contributed by atoms with van der Waals surface area (Å²) in [5.41, 5.74) is 0.691. The van der Waals surface area contributed by atoms with Gasteiger partial charge in [-0.3, -0.25) is 0 Å². The Morgan fingerprint density at radius 1 is 1.38 bits per heavy atom. The van der Waals surface area contributed by atoms with Crippen LogP contribution in [0.15, 0.2) is 47.1 Å². The number of benzene rings is 1. The Kier molecular flexibility index (Phi) is 5.38. The lowest BCUT2D eigenvalue weighted by molar-refractivity contribution is 0.0803. The number of hydrogen-bond acceptors (Lipinski definition) is 4. The van der Waals surface area contributed by atoms with E-state index in [0.717, 1.165) is 25.2 Å². The van der Waals surface area contributed by atoms with Crippen molar-refractivity contribution in [1.82, 2.24) is 4.90 Å². The van der Waals surface area contributed by atoms with Crippen LogP contribution in [-0.4, -0.2) is 37.3 Å². The molecular weight excluding hydrogens is 308 g/mol. The zero-order chi connectivity index (χ0) is 16.8. The standard InChI is InChI=1S/C18H22N2O4/c1-22-15-6-2-5-14(11-15)19-18(21)20(12-16-7-3-9-23-16)13-17-8-4-10-24-17/h2-3,5-7,9,11,17H,4,8,10,12-13H2,1H3,(H,19,21)/t17-/m1/s1. The minimum Gasteiger partial charge on any atom is -0.497 e. The summed E-state index contributed by atoms with van der Waals surface area (Å²) in [7, 11) is 1.60. The third-order valence-electron chi connectivity index (χ3n) is 3.98. The molecule has 2 aromatic rings. The predicted octanol–water partition coefficient (Wildman–Crippen LogP) is 3.50. The maximum atomic E-state index is 12.7. The second kappa shape index (κ2) is 7.88. The highest BCUT2D eigenvalue weighted by Crippen LogP contribution is 2.19. The van der Waals surface area contributed by atoms with Crippen molar-refractivity contribution in [3.05, 3.63) is 48.4 Å². The van der Waals surface area contributed by atoms with Crippen molar-refractivity contribution in [2.24, 2.45) is 0 Å². The van der Waals surface area contributed by atoms with Crippen LogP contribution in [0.25, 0.3) is 0 Å². The van der Waals surface area contributed by atoms with Crippen LogP contribution in [0.3, 0.4) is 0 Å². The Bertz CT molecular complexity index is 651. The highest BCUT2D eigenvalue weighted by Gasteiger charge is 2.23. The van der Waals surface area contributed by atoms with Gasteiger partial charge in [-0.25, -0.2) is 4.79 Å². The lowest BCUT2D eigenvalue weighted by Crippen LogP contribution is -2.39. The lowest BCUT2D eigenvalue weighted by Gasteiger charge is -2.25. The topological polar surface area (TPSA) is 63.9 Å². The number of furan rings is 1. The summed E-state index contributed by atoms with van der Waals surface area (Å²) >= 11 is 0. The normalized spacial score (nSPS) is 16.8. The molecule has 24 heavy (non-hydrogen) atoms. The zero-order valence-electron chi connectivity index (χ0n) is 13.7. The summed E-state index contributed by atoms with van der Waals surface area (Å²) in [6, 6.07) is 10.8. The number of amides is 2. The second-order valence-electron chi connectivity index (χ2n) is 5.76. The van der Waals surface area contributed by atoms with Gasteiger partial charge in [0, 0.05) is 24.9 Å². The highest BCUT2D eigenvalue weighted by molar-refractivity contribution is 5.89. The number of urea groups is 1. The largest absolute Gasteiger partial charge is 0.497 e. The van der Waals surface area contributed by atoms with E-state index in [9.17, 15) is 4.79 Å². The Hall–Kier alpha value is -2.47. The molecule has 0 spiro atoms. The molecule has 1 atom stereocenters. The van der Waals surface area contributed by atoms with Crippen LogP contribution in [0.4, 0.5) is 10.5 Å². The summed E-state index contributed by atoms with van der Waals surface area (Å²) in [5.74, 6) is 1.44. The highest BCUT2D eigenvalue weighted by atomic mass is 16.5. The molecule has 0 radical (unpaired) electrons. The average Bonchev–Trinajstić information content (AvgIpc) is 3.28. The van der Waals surface area contributed by atoms with Crippen LogP contribution in [0.5, 0.6) is 5.75 Å². The summed E-state index contributed by atoms with van der Waals surface area (Å²) in [6.45, 7) is 1.70. The third kappa shape index (κ3) is 4.29. The summed E-state index contributed by atoms with van der Waals surface area (Å²) in [4.78, 5) is 14.4. The molecule has 0 bridgehead atoms. The van der Waals surface area contributed by atoms with Crippen LogP contribution >= 0.6 is 0 Å². The maximum absolute atomic E-state index is 12.7. The smallest absolute Gasteiger partial charge is 0.322 e. The Labute approximate surface area is 141 Å². The van der Waals surface area contributed by atoms with Gasteiger partial charge in [0.2, 0.25) is 0 Å². The number of rotatable bonds is 6. The van der Waals surface area contributed by atoms with Crippen LogP contribution < -0.4 is 10.1 Å². The van der Waals surface area contributed by atoms with E-state index in [2.05, 4.69) is 5.32 Å². The summed E-state index contributed by atoms with van der Waals surface area (Å²) in [6.07, 6.45) is 3.70. The SMILES string of the molecule is COc1cccc(NC(=O)N(Cc2ccco2)C[C@H]2CCCO2)c1. The lowest BCUT2D eigenvalue weighted by atomic mass is 10.2. The molecule has 6 heteroatoms. The first-order valence-electron chi connectivity index (χ1n) is 8.08. The van der Waals surface area contributed by atoms with Crippen molar-refractivity contribution < 1.29 is 18.7 Å². The molecule has 1 N–H and O–H groups in total. The third-order valence-corrected chi connectivity index (χ3v) is 3.98. The van der Waals surface area contributed by atoms with E-state index in [-0.39, 0.29) is 12.1 Å². The van der Waals surface area contributed by atoms with Crippen molar-refractivity contribution >= 4 is 11.7 Å². The molecule has 0 saturated carbocycles. The van der Waals surface area contributed by atoms with Crippen LogP contribution in [0, 0.1) is 0 Å². The van der Waals surface area contributed by atoms with Crippen molar-refractivity contribution in [1.29, 1.82) is 0 Å². The van der Waals surface area contributed by atoms with E-state index < -0.39 is 0 Å². The van der Waals surface area contributed by atoms with E-state index in [0.29, 0.717) is 24.5 Å². The Balaban J connectivity index is 1.69. The quantitative estimate of drug-likeness (QED) is 0.880. The van der Waals surface area contributed by atoms with Gasteiger partial charge in [0.15, 0.2) is 0 Å². The van der Waals surface area contributed by atoms with E-state index in [4.69, 9.17) is 13.9 Å². The number of nitrogens with one attached hydrogen (secondary N) is 1. The number of carbonyl (C=O) groups is 1. The van der Waals surface area contributed by atoms with E-state index >= 15 is 0 Å². The van der Waals surface area contributed by atoms with Gasteiger partial charge in [0.25, 0.3) is 0 Å². The minimum atomic E-state index is -0.185. The van der Waals surface area contributed by atoms with Gasteiger partial charge in [-0.15, -0.1) is 0 Å². The molecule has 1 saturated heterocycles. The molecule has 2 amide bonds. The van der Waals surface area contributed by atoms with Gasteiger partial charge < -0.3 is 24.1 Å². The molecule has 1 aromatic heterocycles. The maximum Gasteiger partial charge on any atom is 0.322 e. The number of hydrogen-bond donors (Lipinski definition) is 1. The van der Waals surface area contributed by atoms with Gasteiger partial charge in [-0.05, 0) is 37.1 Å². The molecule has 1 aromatic carbocycles. The van der Waals surface area contributed by atoms with Gasteiger partial charge in [0.05, 0.1) is 26.0 Å². The minimum absolute atomic E-state index is 0.0796. The molecule has 128 valence electrons. The molecule has 1 aliphatic heterocycles. The number of anilines is 1. The Morgan fingerprint density at radius 2 is 2.29 bits per heavy atom. The van der Waals surface area contributed by atoms with Crippen LogP contribution in [0.2, 0.25) is 0 Å². The first-order valence-corrected chi connectivity index (χ1v) is 8.08. The predicted molar refractivity (Wildman–Crippen MR) is 90.1 cm³/mol. The van der Waals surface area contributed by atoms with Crippen molar-refractivity contribution in [3.8, 4) is 5.75 Å².